The van der Waals surface area contributed by atoms with Crippen LogP contribution in [0.1, 0.15) is 0 Å². The van der Waals surface area contributed by atoms with E-state index in [1.807, 2.05) is 18.2 Å². The molecule has 0 unspecified atom stereocenters. The van der Waals surface area contributed by atoms with Gasteiger partial charge in [0.25, 0.3) is 0 Å². The summed E-state index contributed by atoms with van der Waals surface area (Å²) in [7, 11) is 0. The number of para-hydroxylation sites is 1. The molecular formula is C25H23N3S. The lowest BCUT2D eigenvalue weighted by Gasteiger charge is -2.11. The molecule has 4 rings (SSSR count). The van der Waals surface area contributed by atoms with Gasteiger partial charge in [-0.2, -0.15) is 0 Å². The quantitative estimate of drug-likeness (QED) is 0.280. The fraction of sp³-hybridized carbons (Fsp3) is 0.0400. The standard InChI is InChI=1S/C25H23N3S/c1-29-25-17-15-24(16-18-25)28-23-13-11-22(12-14-23)27-21-9-7-20(8-10-21)26-19-5-3-2-4-6-19/h2-18,26-28H,1H3. The van der Waals surface area contributed by atoms with E-state index in [-0.39, 0.29) is 0 Å². The Hall–Kier alpha value is -3.37. The summed E-state index contributed by atoms with van der Waals surface area (Å²) >= 11 is 1.75. The molecule has 0 spiro atoms. The predicted molar refractivity (Wildman–Crippen MR) is 127 cm³/mol. The Morgan fingerprint density at radius 2 is 0.724 bits per heavy atom. The smallest absolute Gasteiger partial charge is 0.0385 e. The van der Waals surface area contributed by atoms with Crippen molar-refractivity contribution in [2.45, 2.75) is 4.90 Å². The number of benzene rings is 4. The van der Waals surface area contributed by atoms with Gasteiger partial charge < -0.3 is 16.0 Å². The number of thioether (sulfide) groups is 1. The van der Waals surface area contributed by atoms with Gasteiger partial charge in [0.2, 0.25) is 0 Å². The zero-order valence-corrected chi connectivity index (χ0v) is 17.0. The zero-order valence-electron chi connectivity index (χ0n) is 16.2. The van der Waals surface area contributed by atoms with Crippen LogP contribution in [0.2, 0.25) is 0 Å². The van der Waals surface area contributed by atoms with E-state index in [0.29, 0.717) is 0 Å². The first-order valence-electron chi connectivity index (χ1n) is 9.49. The van der Waals surface area contributed by atoms with E-state index in [1.165, 1.54) is 4.90 Å². The fourth-order valence-corrected chi connectivity index (χ4v) is 3.38. The van der Waals surface area contributed by atoms with Gasteiger partial charge >= 0.3 is 0 Å². The molecule has 4 heteroatoms. The lowest BCUT2D eigenvalue weighted by Crippen LogP contribution is -1.93. The van der Waals surface area contributed by atoms with Crippen LogP contribution >= 0.6 is 11.8 Å². The van der Waals surface area contributed by atoms with Gasteiger partial charge in [-0.1, -0.05) is 18.2 Å². The van der Waals surface area contributed by atoms with Crippen molar-refractivity contribution in [3.05, 3.63) is 103 Å². The van der Waals surface area contributed by atoms with Crippen molar-refractivity contribution in [2.75, 3.05) is 22.2 Å². The van der Waals surface area contributed by atoms with Crippen molar-refractivity contribution in [3.8, 4) is 0 Å². The molecule has 3 N–H and O–H groups in total. The van der Waals surface area contributed by atoms with Gasteiger partial charge in [0.05, 0.1) is 0 Å². The summed E-state index contributed by atoms with van der Waals surface area (Å²) in [4.78, 5) is 1.26. The maximum Gasteiger partial charge on any atom is 0.0385 e. The van der Waals surface area contributed by atoms with E-state index < -0.39 is 0 Å². The Bertz CT molecular complexity index is 1030. The molecule has 0 fully saturated rings. The van der Waals surface area contributed by atoms with Crippen molar-refractivity contribution in [1.29, 1.82) is 0 Å². The molecule has 0 saturated carbocycles. The molecule has 4 aromatic rings. The normalized spacial score (nSPS) is 10.4. The van der Waals surface area contributed by atoms with Crippen molar-refractivity contribution < 1.29 is 0 Å². The molecule has 3 nitrogen and oxygen atoms in total. The first-order valence-corrected chi connectivity index (χ1v) is 10.7. The molecule has 0 aliphatic rings. The van der Waals surface area contributed by atoms with Crippen LogP contribution in [0.3, 0.4) is 0 Å². The summed E-state index contributed by atoms with van der Waals surface area (Å²) in [6.07, 6.45) is 2.08. The topological polar surface area (TPSA) is 36.1 Å². The van der Waals surface area contributed by atoms with Crippen LogP contribution < -0.4 is 16.0 Å². The lowest BCUT2D eigenvalue weighted by molar-refractivity contribution is 1.44. The van der Waals surface area contributed by atoms with Crippen LogP contribution in [0.5, 0.6) is 0 Å². The van der Waals surface area contributed by atoms with Crippen LogP contribution in [0.25, 0.3) is 0 Å². The van der Waals surface area contributed by atoms with Gasteiger partial charge in [-0.05, 0) is 91.2 Å². The third-order valence-corrected chi connectivity index (χ3v) is 5.24. The number of hydrogen-bond acceptors (Lipinski definition) is 4. The molecule has 4 aromatic carbocycles. The Balaban J connectivity index is 1.35. The highest BCUT2D eigenvalue weighted by molar-refractivity contribution is 7.98. The molecule has 0 atom stereocenters. The molecule has 0 bridgehead atoms. The maximum absolute atomic E-state index is 3.44. The molecule has 0 heterocycles. The molecule has 0 aliphatic heterocycles. The molecule has 0 amide bonds. The molecule has 0 radical (unpaired) electrons. The minimum atomic E-state index is 1.05. The first-order chi connectivity index (χ1) is 14.3. The SMILES string of the molecule is CSc1ccc(Nc2ccc(Nc3ccc(Nc4ccccc4)cc3)cc2)cc1. The summed E-state index contributed by atoms with van der Waals surface area (Å²) in [5.74, 6) is 0. The molecule has 144 valence electrons. The summed E-state index contributed by atoms with van der Waals surface area (Å²) in [5.41, 5.74) is 6.40. The van der Waals surface area contributed by atoms with Crippen LogP contribution in [-0.4, -0.2) is 6.26 Å². The number of rotatable bonds is 7. The summed E-state index contributed by atoms with van der Waals surface area (Å²) in [6, 6.07) is 35.2. The zero-order chi connectivity index (χ0) is 19.9. The largest absolute Gasteiger partial charge is 0.356 e. The van der Waals surface area contributed by atoms with Crippen LogP contribution in [-0.2, 0) is 0 Å². The van der Waals surface area contributed by atoms with Gasteiger partial charge in [-0.3, -0.25) is 0 Å². The second-order valence-corrected chi connectivity index (χ2v) is 7.50. The molecule has 29 heavy (non-hydrogen) atoms. The number of hydrogen-bond donors (Lipinski definition) is 3. The first kappa shape index (κ1) is 19.0. The van der Waals surface area contributed by atoms with Gasteiger partial charge in [-0.25, -0.2) is 0 Å². The Morgan fingerprint density at radius 3 is 1.07 bits per heavy atom. The van der Waals surface area contributed by atoms with Crippen LogP contribution in [0.4, 0.5) is 34.1 Å². The van der Waals surface area contributed by atoms with Gasteiger partial charge in [-0.15, -0.1) is 11.8 Å². The average Bonchev–Trinajstić information content (AvgIpc) is 2.78. The van der Waals surface area contributed by atoms with Crippen molar-refractivity contribution in [2.24, 2.45) is 0 Å². The Labute approximate surface area is 176 Å². The highest BCUT2D eigenvalue weighted by Gasteiger charge is 1.99. The molecule has 0 aliphatic carbocycles. The second kappa shape index (κ2) is 9.22. The average molecular weight is 398 g/mol. The van der Waals surface area contributed by atoms with Crippen molar-refractivity contribution >= 4 is 45.9 Å². The van der Waals surface area contributed by atoms with Crippen molar-refractivity contribution in [3.63, 3.8) is 0 Å². The van der Waals surface area contributed by atoms with E-state index in [9.17, 15) is 0 Å². The minimum absolute atomic E-state index is 1.05. The third kappa shape index (κ3) is 5.33. The van der Waals surface area contributed by atoms with E-state index in [4.69, 9.17) is 0 Å². The minimum Gasteiger partial charge on any atom is -0.356 e. The molecular weight excluding hydrogens is 374 g/mol. The predicted octanol–water partition coefficient (Wildman–Crippen LogP) is 7.64. The van der Waals surface area contributed by atoms with Gasteiger partial charge in [0.15, 0.2) is 0 Å². The highest BCUT2D eigenvalue weighted by Crippen LogP contribution is 2.24. The number of anilines is 6. The number of nitrogens with one attached hydrogen (secondary N) is 3. The monoisotopic (exact) mass is 397 g/mol. The lowest BCUT2D eigenvalue weighted by atomic mass is 10.2. The second-order valence-electron chi connectivity index (χ2n) is 6.62. The van der Waals surface area contributed by atoms with Crippen LogP contribution in [0, 0.1) is 0 Å². The maximum atomic E-state index is 3.44. The summed E-state index contributed by atoms with van der Waals surface area (Å²) < 4.78 is 0. The van der Waals surface area contributed by atoms with E-state index in [0.717, 1.165) is 34.1 Å². The van der Waals surface area contributed by atoms with E-state index >= 15 is 0 Å². The van der Waals surface area contributed by atoms with Gasteiger partial charge in [0, 0.05) is 39.0 Å². The van der Waals surface area contributed by atoms with E-state index in [2.05, 4.69) is 107 Å². The highest BCUT2D eigenvalue weighted by atomic mass is 32.2. The fourth-order valence-electron chi connectivity index (χ4n) is 2.97. The van der Waals surface area contributed by atoms with Crippen molar-refractivity contribution in [1.82, 2.24) is 0 Å². The molecule has 0 saturated heterocycles. The Kier molecular flexibility index (Phi) is 6.03. The third-order valence-electron chi connectivity index (χ3n) is 4.50. The Morgan fingerprint density at radius 1 is 0.414 bits per heavy atom. The summed E-state index contributed by atoms with van der Waals surface area (Å²) in [5, 5.41) is 10.3. The molecule has 0 aromatic heterocycles. The van der Waals surface area contributed by atoms with Crippen LogP contribution in [0.15, 0.2) is 108 Å². The van der Waals surface area contributed by atoms with E-state index in [1.54, 1.807) is 11.8 Å². The van der Waals surface area contributed by atoms with Gasteiger partial charge in [0.1, 0.15) is 0 Å². The summed E-state index contributed by atoms with van der Waals surface area (Å²) in [6.45, 7) is 0.